The first-order valence-corrected chi connectivity index (χ1v) is 8.13. The largest absolute Gasteiger partial charge is 0.497 e. The third-order valence-corrected chi connectivity index (χ3v) is 5.57. The van der Waals surface area contributed by atoms with Gasteiger partial charge in [-0.3, -0.25) is 0 Å². The fraction of sp³-hybridized carbons (Fsp3) is 0.667. The van der Waals surface area contributed by atoms with Crippen molar-refractivity contribution in [1.82, 2.24) is 0 Å². The van der Waals surface area contributed by atoms with Crippen LogP contribution in [0.5, 0.6) is 5.75 Å². The second kappa shape index (κ2) is 5.62. The van der Waals surface area contributed by atoms with Crippen molar-refractivity contribution >= 4 is 0 Å². The van der Waals surface area contributed by atoms with Gasteiger partial charge in [0.25, 0.3) is 0 Å². The number of hydrogen-bond acceptors (Lipinski definition) is 3. The molecule has 3 heteroatoms. The van der Waals surface area contributed by atoms with Gasteiger partial charge in [-0.1, -0.05) is 25.0 Å². The van der Waals surface area contributed by atoms with Gasteiger partial charge < -0.3 is 15.2 Å². The van der Waals surface area contributed by atoms with E-state index in [1.54, 1.807) is 7.11 Å². The van der Waals surface area contributed by atoms with E-state index in [0.29, 0.717) is 5.92 Å². The predicted octanol–water partition coefficient (Wildman–Crippen LogP) is 3.61. The van der Waals surface area contributed by atoms with Crippen LogP contribution in [0.4, 0.5) is 0 Å². The summed E-state index contributed by atoms with van der Waals surface area (Å²) in [5.41, 5.74) is 7.78. The molecule has 0 bridgehead atoms. The van der Waals surface area contributed by atoms with Crippen LogP contribution in [-0.4, -0.2) is 19.3 Å². The Morgan fingerprint density at radius 3 is 2.52 bits per heavy atom. The molecular weight excluding hydrogens is 262 g/mol. The lowest BCUT2D eigenvalue weighted by Gasteiger charge is -2.45. The van der Waals surface area contributed by atoms with E-state index in [1.165, 1.54) is 31.2 Å². The normalized spacial score (nSPS) is 27.5. The highest BCUT2D eigenvalue weighted by Gasteiger charge is 2.45. The van der Waals surface area contributed by atoms with Crippen LogP contribution in [0.25, 0.3) is 0 Å². The molecule has 1 aromatic carbocycles. The Bertz CT molecular complexity index is 474. The lowest BCUT2D eigenvalue weighted by atomic mass is 9.71. The van der Waals surface area contributed by atoms with Gasteiger partial charge >= 0.3 is 0 Å². The maximum absolute atomic E-state index is 6.76. The van der Waals surface area contributed by atoms with E-state index in [1.807, 2.05) is 12.1 Å². The van der Waals surface area contributed by atoms with Gasteiger partial charge in [0.15, 0.2) is 0 Å². The van der Waals surface area contributed by atoms with Crippen LogP contribution in [0.15, 0.2) is 24.3 Å². The highest BCUT2D eigenvalue weighted by molar-refractivity contribution is 5.32. The number of nitrogens with two attached hydrogens (primary N) is 1. The van der Waals surface area contributed by atoms with Gasteiger partial charge in [-0.15, -0.1) is 0 Å². The van der Waals surface area contributed by atoms with Crippen LogP contribution >= 0.6 is 0 Å². The van der Waals surface area contributed by atoms with Gasteiger partial charge in [0, 0.05) is 12.1 Å². The van der Waals surface area contributed by atoms with Crippen LogP contribution < -0.4 is 10.5 Å². The summed E-state index contributed by atoms with van der Waals surface area (Å²) in [6.45, 7) is 3.03. The third-order valence-electron chi connectivity index (χ3n) is 5.57. The molecular formula is C18H27NO2. The minimum absolute atomic E-state index is 0.121. The van der Waals surface area contributed by atoms with Crippen molar-refractivity contribution in [2.75, 3.05) is 13.7 Å². The molecule has 1 heterocycles. The van der Waals surface area contributed by atoms with Gasteiger partial charge in [0.2, 0.25) is 0 Å². The van der Waals surface area contributed by atoms with Gasteiger partial charge in [0.05, 0.1) is 12.7 Å². The van der Waals surface area contributed by atoms with E-state index in [2.05, 4.69) is 19.1 Å². The number of methoxy groups -OCH3 is 1. The van der Waals surface area contributed by atoms with Crippen molar-refractivity contribution < 1.29 is 9.47 Å². The summed E-state index contributed by atoms with van der Waals surface area (Å²) in [7, 11) is 1.69. The molecule has 2 fully saturated rings. The first-order chi connectivity index (χ1) is 10.1. The topological polar surface area (TPSA) is 44.5 Å². The van der Waals surface area contributed by atoms with Crippen molar-refractivity contribution in [3.8, 4) is 5.75 Å². The summed E-state index contributed by atoms with van der Waals surface area (Å²) >= 11 is 0. The molecule has 0 aromatic heterocycles. The summed E-state index contributed by atoms with van der Waals surface area (Å²) < 4.78 is 11.4. The summed E-state index contributed by atoms with van der Waals surface area (Å²) in [6, 6.07) is 8.22. The standard InChI is InChI=1S/C18H27NO2/c1-17(19,14-5-7-16(20-2)8-6-14)15-9-12-21-18(13-15)10-3-4-11-18/h5-8,15H,3-4,9-13,19H2,1-2H3. The quantitative estimate of drug-likeness (QED) is 0.924. The molecule has 1 aromatic rings. The molecule has 116 valence electrons. The Hall–Kier alpha value is -1.06. The first kappa shape index (κ1) is 14.9. The molecule has 2 unspecified atom stereocenters. The van der Waals surface area contributed by atoms with Crippen molar-refractivity contribution in [2.45, 2.75) is 56.6 Å². The smallest absolute Gasteiger partial charge is 0.118 e. The summed E-state index contributed by atoms with van der Waals surface area (Å²) in [5, 5.41) is 0. The monoisotopic (exact) mass is 289 g/mol. The van der Waals surface area contributed by atoms with E-state index >= 15 is 0 Å². The zero-order valence-corrected chi connectivity index (χ0v) is 13.2. The van der Waals surface area contributed by atoms with Crippen molar-refractivity contribution in [2.24, 2.45) is 11.7 Å². The molecule has 1 aliphatic heterocycles. The predicted molar refractivity (Wildman–Crippen MR) is 84.4 cm³/mol. The Balaban J connectivity index is 1.79. The Morgan fingerprint density at radius 2 is 1.90 bits per heavy atom. The molecule has 1 spiro atoms. The highest BCUT2D eigenvalue weighted by atomic mass is 16.5. The van der Waals surface area contributed by atoms with E-state index in [4.69, 9.17) is 15.2 Å². The summed E-state index contributed by atoms with van der Waals surface area (Å²) in [4.78, 5) is 0. The lowest BCUT2D eigenvalue weighted by molar-refractivity contribution is -0.104. The SMILES string of the molecule is COc1ccc(C(C)(N)C2CCOC3(CCCC3)C2)cc1. The number of hydrogen-bond donors (Lipinski definition) is 1. The number of benzene rings is 1. The van der Waals surface area contributed by atoms with E-state index in [9.17, 15) is 0 Å². The highest BCUT2D eigenvalue weighted by Crippen LogP contribution is 2.46. The van der Waals surface area contributed by atoms with Crippen LogP contribution in [-0.2, 0) is 10.3 Å². The molecule has 2 N–H and O–H groups in total. The zero-order chi connectivity index (χ0) is 14.9. The summed E-state index contributed by atoms with van der Waals surface area (Å²) in [5.74, 6) is 1.37. The number of ether oxygens (including phenoxy) is 2. The second-order valence-corrected chi connectivity index (χ2v) is 6.94. The maximum atomic E-state index is 6.76. The molecule has 1 saturated heterocycles. The molecule has 1 saturated carbocycles. The average Bonchev–Trinajstić information content (AvgIpc) is 2.95. The molecule has 0 radical (unpaired) electrons. The fourth-order valence-corrected chi connectivity index (χ4v) is 4.09. The van der Waals surface area contributed by atoms with Crippen LogP contribution in [0.2, 0.25) is 0 Å². The Kier molecular flexibility index (Phi) is 3.98. The van der Waals surface area contributed by atoms with Crippen molar-refractivity contribution in [1.29, 1.82) is 0 Å². The molecule has 2 atom stereocenters. The molecule has 3 nitrogen and oxygen atoms in total. The van der Waals surface area contributed by atoms with Gasteiger partial charge in [-0.25, -0.2) is 0 Å². The molecule has 2 aliphatic rings. The molecule has 21 heavy (non-hydrogen) atoms. The van der Waals surface area contributed by atoms with Gasteiger partial charge in [-0.05, 0) is 56.2 Å². The zero-order valence-electron chi connectivity index (χ0n) is 13.2. The van der Waals surface area contributed by atoms with Crippen LogP contribution in [0.3, 0.4) is 0 Å². The first-order valence-electron chi connectivity index (χ1n) is 8.13. The third kappa shape index (κ3) is 2.82. The second-order valence-electron chi connectivity index (χ2n) is 6.94. The van der Waals surface area contributed by atoms with Gasteiger partial charge in [-0.2, -0.15) is 0 Å². The molecule has 0 amide bonds. The van der Waals surface area contributed by atoms with Crippen molar-refractivity contribution in [3.63, 3.8) is 0 Å². The minimum atomic E-state index is -0.300. The average molecular weight is 289 g/mol. The summed E-state index contributed by atoms with van der Waals surface area (Å²) in [6.07, 6.45) is 7.18. The Labute approximate surface area is 127 Å². The van der Waals surface area contributed by atoms with E-state index in [-0.39, 0.29) is 11.1 Å². The van der Waals surface area contributed by atoms with E-state index in [0.717, 1.165) is 25.2 Å². The van der Waals surface area contributed by atoms with E-state index < -0.39 is 0 Å². The maximum Gasteiger partial charge on any atom is 0.118 e. The molecule has 1 aliphatic carbocycles. The van der Waals surface area contributed by atoms with Gasteiger partial charge in [0.1, 0.15) is 5.75 Å². The minimum Gasteiger partial charge on any atom is -0.497 e. The van der Waals surface area contributed by atoms with Crippen LogP contribution in [0, 0.1) is 5.92 Å². The van der Waals surface area contributed by atoms with Crippen molar-refractivity contribution in [3.05, 3.63) is 29.8 Å². The number of rotatable bonds is 3. The Morgan fingerprint density at radius 1 is 1.24 bits per heavy atom. The fourth-order valence-electron chi connectivity index (χ4n) is 4.09. The molecule has 3 rings (SSSR count). The lowest BCUT2D eigenvalue weighted by Crippen LogP contribution is -2.49. The van der Waals surface area contributed by atoms with Crippen LogP contribution in [0.1, 0.15) is 51.0 Å².